The molecule has 0 fully saturated rings. The standard InChI is InChI=1S/C13H15N3O2/c1-17-13-10(3-2-6-15-13)9-18-12-5-4-11(7-14)16-8-12/h2-6,8H,7,9,14H2,1H3. The van der Waals surface area contributed by atoms with E-state index < -0.39 is 0 Å². The molecule has 2 aromatic heterocycles. The Kier molecular flexibility index (Phi) is 4.09. The quantitative estimate of drug-likeness (QED) is 0.864. The van der Waals surface area contributed by atoms with E-state index in [0.29, 0.717) is 24.8 Å². The average molecular weight is 245 g/mol. The summed E-state index contributed by atoms with van der Waals surface area (Å²) in [5.74, 6) is 1.27. The summed E-state index contributed by atoms with van der Waals surface area (Å²) in [6.45, 7) is 0.817. The summed E-state index contributed by atoms with van der Waals surface area (Å²) in [5, 5.41) is 0. The van der Waals surface area contributed by atoms with E-state index in [1.54, 1.807) is 19.5 Å². The van der Waals surface area contributed by atoms with E-state index in [1.165, 1.54) is 0 Å². The van der Waals surface area contributed by atoms with Crippen LogP contribution >= 0.6 is 0 Å². The highest BCUT2D eigenvalue weighted by Gasteiger charge is 2.04. The molecule has 0 amide bonds. The topological polar surface area (TPSA) is 70.3 Å². The Morgan fingerprint density at radius 1 is 1.22 bits per heavy atom. The van der Waals surface area contributed by atoms with E-state index in [-0.39, 0.29) is 0 Å². The van der Waals surface area contributed by atoms with Crippen molar-refractivity contribution in [3.8, 4) is 11.6 Å². The van der Waals surface area contributed by atoms with E-state index in [1.807, 2.05) is 24.3 Å². The van der Waals surface area contributed by atoms with Crippen molar-refractivity contribution in [1.82, 2.24) is 9.97 Å². The van der Waals surface area contributed by atoms with Crippen LogP contribution in [0, 0.1) is 0 Å². The predicted octanol–water partition coefficient (Wildman–Crippen LogP) is 1.52. The maximum Gasteiger partial charge on any atom is 0.219 e. The molecule has 0 aliphatic carbocycles. The van der Waals surface area contributed by atoms with Gasteiger partial charge >= 0.3 is 0 Å². The second-order valence-electron chi connectivity index (χ2n) is 3.65. The molecular formula is C13H15N3O2. The molecule has 0 radical (unpaired) electrons. The Hall–Kier alpha value is -2.14. The molecule has 0 atom stereocenters. The monoisotopic (exact) mass is 245 g/mol. The van der Waals surface area contributed by atoms with Gasteiger partial charge in [-0.25, -0.2) is 4.98 Å². The van der Waals surface area contributed by atoms with Crippen molar-refractivity contribution >= 4 is 0 Å². The van der Waals surface area contributed by atoms with Crippen LogP contribution < -0.4 is 15.2 Å². The van der Waals surface area contributed by atoms with Crippen molar-refractivity contribution in [2.24, 2.45) is 5.73 Å². The number of nitrogens with zero attached hydrogens (tertiary/aromatic N) is 2. The van der Waals surface area contributed by atoms with E-state index in [9.17, 15) is 0 Å². The van der Waals surface area contributed by atoms with Crippen molar-refractivity contribution < 1.29 is 9.47 Å². The van der Waals surface area contributed by atoms with Gasteiger partial charge in [-0.2, -0.15) is 0 Å². The van der Waals surface area contributed by atoms with Crippen LogP contribution in [0.2, 0.25) is 0 Å². The fourth-order valence-corrected chi connectivity index (χ4v) is 1.50. The van der Waals surface area contributed by atoms with Gasteiger partial charge in [0.05, 0.1) is 24.6 Å². The molecule has 5 nitrogen and oxygen atoms in total. The van der Waals surface area contributed by atoms with Crippen LogP contribution in [0.4, 0.5) is 0 Å². The van der Waals surface area contributed by atoms with Crippen LogP contribution in [0.25, 0.3) is 0 Å². The number of pyridine rings is 2. The van der Waals surface area contributed by atoms with Crippen molar-refractivity contribution in [2.75, 3.05) is 7.11 Å². The molecule has 0 unspecified atom stereocenters. The number of hydrogen-bond donors (Lipinski definition) is 1. The Labute approximate surface area is 106 Å². The average Bonchev–Trinajstić information content (AvgIpc) is 2.46. The number of rotatable bonds is 5. The zero-order chi connectivity index (χ0) is 12.8. The zero-order valence-electron chi connectivity index (χ0n) is 10.2. The highest BCUT2D eigenvalue weighted by molar-refractivity contribution is 5.26. The molecular weight excluding hydrogens is 230 g/mol. The molecule has 0 aromatic carbocycles. The predicted molar refractivity (Wildman–Crippen MR) is 67.2 cm³/mol. The summed E-state index contributed by atoms with van der Waals surface area (Å²) in [7, 11) is 1.59. The van der Waals surface area contributed by atoms with Crippen LogP contribution in [-0.2, 0) is 13.2 Å². The lowest BCUT2D eigenvalue weighted by Gasteiger charge is -2.09. The maximum atomic E-state index is 5.61. The van der Waals surface area contributed by atoms with Crippen molar-refractivity contribution in [3.05, 3.63) is 47.9 Å². The molecule has 0 spiro atoms. The summed E-state index contributed by atoms with van der Waals surface area (Å²) in [6.07, 6.45) is 3.34. The Morgan fingerprint density at radius 2 is 2.11 bits per heavy atom. The molecule has 18 heavy (non-hydrogen) atoms. The first-order valence-electron chi connectivity index (χ1n) is 5.59. The van der Waals surface area contributed by atoms with E-state index in [0.717, 1.165) is 11.3 Å². The highest BCUT2D eigenvalue weighted by atomic mass is 16.5. The smallest absolute Gasteiger partial charge is 0.219 e. The number of ether oxygens (including phenoxy) is 2. The number of hydrogen-bond acceptors (Lipinski definition) is 5. The van der Waals surface area contributed by atoms with Gasteiger partial charge in [0.1, 0.15) is 12.4 Å². The van der Waals surface area contributed by atoms with Gasteiger partial charge in [-0.1, -0.05) is 0 Å². The lowest BCUT2D eigenvalue weighted by Crippen LogP contribution is -2.02. The van der Waals surface area contributed by atoms with Crippen LogP contribution in [0.15, 0.2) is 36.7 Å². The molecule has 2 rings (SSSR count). The maximum absolute atomic E-state index is 5.61. The molecule has 2 heterocycles. The molecule has 0 saturated carbocycles. The lowest BCUT2D eigenvalue weighted by atomic mass is 10.3. The summed E-state index contributed by atoms with van der Waals surface area (Å²) >= 11 is 0. The van der Waals surface area contributed by atoms with Crippen LogP contribution in [0.3, 0.4) is 0 Å². The molecule has 0 aliphatic rings. The Bertz CT molecular complexity index is 500. The first-order chi connectivity index (χ1) is 8.83. The first kappa shape index (κ1) is 12.3. The number of aromatic nitrogens is 2. The van der Waals surface area contributed by atoms with Gasteiger partial charge in [-0.3, -0.25) is 4.98 Å². The van der Waals surface area contributed by atoms with Crippen molar-refractivity contribution in [3.63, 3.8) is 0 Å². The summed E-state index contributed by atoms with van der Waals surface area (Å²) in [4.78, 5) is 8.26. The van der Waals surface area contributed by atoms with Crippen LogP contribution in [0.5, 0.6) is 11.6 Å². The molecule has 94 valence electrons. The van der Waals surface area contributed by atoms with Gasteiger partial charge in [0.25, 0.3) is 0 Å². The molecule has 2 aromatic rings. The minimum atomic E-state index is 0.390. The van der Waals surface area contributed by atoms with E-state index in [4.69, 9.17) is 15.2 Å². The Balaban J connectivity index is 2.02. The summed E-state index contributed by atoms with van der Waals surface area (Å²) in [6, 6.07) is 7.44. The second-order valence-corrected chi connectivity index (χ2v) is 3.65. The third-order valence-electron chi connectivity index (χ3n) is 2.44. The fraction of sp³-hybridized carbons (Fsp3) is 0.231. The molecule has 0 aliphatic heterocycles. The van der Waals surface area contributed by atoms with E-state index in [2.05, 4.69) is 9.97 Å². The van der Waals surface area contributed by atoms with Crippen molar-refractivity contribution in [2.45, 2.75) is 13.2 Å². The molecule has 5 heteroatoms. The second kappa shape index (κ2) is 5.97. The third kappa shape index (κ3) is 2.95. The van der Waals surface area contributed by atoms with Crippen LogP contribution in [-0.4, -0.2) is 17.1 Å². The number of methoxy groups -OCH3 is 1. The van der Waals surface area contributed by atoms with Gasteiger partial charge in [0.15, 0.2) is 0 Å². The first-order valence-corrected chi connectivity index (χ1v) is 5.59. The largest absolute Gasteiger partial charge is 0.487 e. The van der Waals surface area contributed by atoms with Gasteiger partial charge < -0.3 is 15.2 Å². The SMILES string of the molecule is COc1ncccc1COc1ccc(CN)nc1. The van der Waals surface area contributed by atoms with Gasteiger partial charge in [0, 0.05) is 12.7 Å². The molecule has 0 saturated heterocycles. The number of nitrogens with two attached hydrogens (primary N) is 1. The van der Waals surface area contributed by atoms with Gasteiger partial charge in [0.2, 0.25) is 5.88 Å². The third-order valence-corrected chi connectivity index (χ3v) is 2.44. The van der Waals surface area contributed by atoms with Gasteiger partial charge in [-0.05, 0) is 24.3 Å². The van der Waals surface area contributed by atoms with Gasteiger partial charge in [-0.15, -0.1) is 0 Å². The Morgan fingerprint density at radius 3 is 2.78 bits per heavy atom. The summed E-state index contributed by atoms with van der Waals surface area (Å²) < 4.78 is 10.8. The normalized spacial score (nSPS) is 10.1. The minimum absolute atomic E-state index is 0.390. The lowest BCUT2D eigenvalue weighted by molar-refractivity contribution is 0.292. The van der Waals surface area contributed by atoms with Crippen LogP contribution in [0.1, 0.15) is 11.3 Å². The zero-order valence-corrected chi connectivity index (χ0v) is 10.2. The van der Waals surface area contributed by atoms with Crippen molar-refractivity contribution in [1.29, 1.82) is 0 Å². The minimum Gasteiger partial charge on any atom is -0.487 e. The fourth-order valence-electron chi connectivity index (χ4n) is 1.50. The highest BCUT2D eigenvalue weighted by Crippen LogP contribution is 2.17. The molecule has 0 bridgehead atoms. The summed E-state index contributed by atoms with van der Waals surface area (Å²) in [5.41, 5.74) is 7.20. The molecule has 2 N–H and O–H groups in total. The van der Waals surface area contributed by atoms with E-state index >= 15 is 0 Å².